The molecule has 0 radical (unpaired) electrons. The Labute approximate surface area is 77.3 Å². The van der Waals surface area contributed by atoms with Crippen molar-refractivity contribution in [2.24, 2.45) is 0 Å². The maximum atomic E-state index is 10.4. The van der Waals surface area contributed by atoms with Crippen molar-refractivity contribution in [1.82, 2.24) is 4.57 Å². The molecule has 0 aliphatic carbocycles. The molecule has 1 N–H and O–H groups in total. The Kier molecular flexibility index (Phi) is 3.31. The van der Waals surface area contributed by atoms with E-state index >= 15 is 0 Å². The Hall–Kier alpha value is -1.51. The Bertz CT molecular complexity index is 288. The van der Waals surface area contributed by atoms with E-state index in [1.54, 1.807) is 0 Å². The third kappa shape index (κ3) is 3.15. The van der Waals surface area contributed by atoms with Crippen LogP contribution in [0.25, 0.3) is 0 Å². The lowest BCUT2D eigenvalue weighted by molar-refractivity contribution is -0.132. The van der Waals surface area contributed by atoms with Crippen molar-refractivity contribution in [3.63, 3.8) is 0 Å². The largest absolute Gasteiger partial charge is 0.478 e. The van der Waals surface area contributed by atoms with Gasteiger partial charge in [-0.15, -0.1) is 0 Å². The number of aryl methyl sites for hydroxylation is 1. The summed E-state index contributed by atoms with van der Waals surface area (Å²) in [5.74, 6) is -0.896. The van der Waals surface area contributed by atoms with Gasteiger partial charge in [0.25, 0.3) is 0 Å². The van der Waals surface area contributed by atoms with Crippen molar-refractivity contribution >= 4 is 5.97 Å². The molecule has 1 heterocycles. The maximum Gasteiger partial charge on any atom is 0.330 e. The van der Waals surface area contributed by atoms with Crippen LogP contribution < -0.4 is 0 Å². The van der Waals surface area contributed by atoms with Crippen LogP contribution in [0, 0.1) is 0 Å². The van der Waals surface area contributed by atoms with Crippen molar-refractivity contribution in [2.45, 2.75) is 19.4 Å². The average Bonchev–Trinajstić information content (AvgIpc) is 2.56. The monoisotopic (exact) mass is 179 g/mol. The second-order valence-corrected chi connectivity index (χ2v) is 2.93. The molecule has 70 valence electrons. The van der Waals surface area contributed by atoms with Gasteiger partial charge < -0.3 is 9.67 Å². The normalized spacial score (nSPS) is 9.85. The molecule has 0 aliphatic rings. The lowest BCUT2D eigenvalue weighted by Crippen LogP contribution is -2.01. The van der Waals surface area contributed by atoms with E-state index in [0.717, 1.165) is 13.0 Å². The summed E-state index contributed by atoms with van der Waals surface area (Å²) in [7, 11) is 0. The van der Waals surface area contributed by atoms with Gasteiger partial charge in [0.05, 0.1) is 0 Å². The topological polar surface area (TPSA) is 42.2 Å². The first-order valence-electron chi connectivity index (χ1n) is 4.22. The maximum absolute atomic E-state index is 10.4. The number of hydrogen-bond acceptors (Lipinski definition) is 1. The molecule has 1 aromatic heterocycles. The van der Waals surface area contributed by atoms with E-state index < -0.39 is 5.97 Å². The molecule has 0 aromatic carbocycles. The highest BCUT2D eigenvalue weighted by atomic mass is 16.4. The quantitative estimate of drug-likeness (QED) is 0.701. The second-order valence-electron chi connectivity index (χ2n) is 2.93. The van der Waals surface area contributed by atoms with Crippen LogP contribution in [0.2, 0.25) is 0 Å². The fourth-order valence-electron chi connectivity index (χ4n) is 1.10. The number of rotatable bonds is 5. The number of carboxylic acid groups (broad SMARTS) is 1. The molecule has 0 amide bonds. The molecule has 0 saturated carbocycles. The molecule has 3 heteroatoms. The van der Waals surface area contributed by atoms with E-state index in [1.807, 2.05) is 29.1 Å². The van der Waals surface area contributed by atoms with Crippen molar-refractivity contribution < 1.29 is 9.90 Å². The molecular formula is C10H13NO2. The first-order chi connectivity index (χ1) is 6.20. The summed E-state index contributed by atoms with van der Waals surface area (Å²) in [5, 5.41) is 8.53. The number of hydrogen-bond donors (Lipinski definition) is 1. The molecule has 0 saturated heterocycles. The SMILES string of the molecule is C=C(CCCn1cccc1)C(=O)O. The van der Waals surface area contributed by atoms with Gasteiger partial charge in [-0.3, -0.25) is 0 Å². The van der Waals surface area contributed by atoms with E-state index in [9.17, 15) is 4.79 Å². The number of nitrogens with zero attached hydrogens (tertiary/aromatic N) is 1. The minimum Gasteiger partial charge on any atom is -0.478 e. The van der Waals surface area contributed by atoms with Crippen LogP contribution in [-0.2, 0) is 11.3 Å². The summed E-state index contributed by atoms with van der Waals surface area (Å²) < 4.78 is 2.02. The molecule has 0 unspecified atom stereocenters. The molecule has 0 spiro atoms. The Morgan fingerprint density at radius 3 is 2.54 bits per heavy atom. The van der Waals surface area contributed by atoms with Gasteiger partial charge in [-0.05, 0) is 25.0 Å². The minimum absolute atomic E-state index is 0.284. The summed E-state index contributed by atoms with van der Waals surface area (Å²) in [4.78, 5) is 10.4. The molecule has 1 aromatic rings. The summed E-state index contributed by atoms with van der Waals surface area (Å²) in [6.07, 6.45) is 5.29. The Balaban J connectivity index is 2.22. The van der Waals surface area contributed by atoms with Crippen LogP contribution >= 0.6 is 0 Å². The molecule has 0 aliphatic heterocycles. The summed E-state index contributed by atoms with van der Waals surface area (Å²) >= 11 is 0. The van der Waals surface area contributed by atoms with Crippen molar-refractivity contribution in [2.75, 3.05) is 0 Å². The first kappa shape index (κ1) is 9.58. The average molecular weight is 179 g/mol. The summed E-state index contributed by atoms with van der Waals surface area (Å²) in [6.45, 7) is 4.31. The van der Waals surface area contributed by atoms with E-state index in [2.05, 4.69) is 6.58 Å². The second kappa shape index (κ2) is 4.50. The summed E-state index contributed by atoms with van der Waals surface area (Å²) in [5.41, 5.74) is 0.284. The van der Waals surface area contributed by atoms with E-state index in [0.29, 0.717) is 6.42 Å². The fraction of sp³-hybridized carbons (Fsp3) is 0.300. The van der Waals surface area contributed by atoms with Crippen molar-refractivity contribution in [3.8, 4) is 0 Å². The number of carbonyl (C=O) groups is 1. The highest BCUT2D eigenvalue weighted by molar-refractivity contribution is 5.85. The number of aliphatic carboxylic acids is 1. The lowest BCUT2D eigenvalue weighted by Gasteiger charge is -2.02. The zero-order valence-electron chi connectivity index (χ0n) is 7.44. The molecular weight excluding hydrogens is 166 g/mol. The Morgan fingerprint density at radius 2 is 2.00 bits per heavy atom. The first-order valence-corrected chi connectivity index (χ1v) is 4.22. The van der Waals surface area contributed by atoms with Gasteiger partial charge in [0, 0.05) is 24.5 Å². The van der Waals surface area contributed by atoms with Crippen LogP contribution in [0.5, 0.6) is 0 Å². The third-order valence-electron chi connectivity index (χ3n) is 1.86. The van der Waals surface area contributed by atoms with Gasteiger partial charge in [0.1, 0.15) is 0 Å². The van der Waals surface area contributed by atoms with Gasteiger partial charge in [-0.2, -0.15) is 0 Å². The Morgan fingerprint density at radius 1 is 1.38 bits per heavy atom. The van der Waals surface area contributed by atoms with Crippen LogP contribution in [0.1, 0.15) is 12.8 Å². The molecule has 0 bridgehead atoms. The third-order valence-corrected chi connectivity index (χ3v) is 1.86. The van der Waals surface area contributed by atoms with Gasteiger partial charge >= 0.3 is 5.97 Å². The number of carboxylic acids is 1. The molecule has 3 nitrogen and oxygen atoms in total. The minimum atomic E-state index is -0.896. The van der Waals surface area contributed by atoms with Gasteiger partial charge in [-0.25, -0.2) is 4.79 Å². The van der Waals surface area contributed by atoms with Gasteiger partial charge in [0.2, 0.25) is 0 Å². The summed E-state index contributed by atoms with van der Waals surface area (Å²) in [6, 6.07) is 3.90. The molecule has 13 heavy (non-hydrogen) atoms. The zero-order valence-corrected chi connectivity index (χ0v) is 7.44. The van der Waals surface area contributed by atoms with Gasteiger partial charge in [0.15, 0.2) is 0 Å². The molecule has 0 atom stereocenters. The van der Waals surface area contributed by atoms with E-state index in [4.69, 9.17) is 5.11 Å². The lowest BCUT2D eigenvalue weighted by atomic mass is 10.2. The van der Waals surface area contributed by atoms with Gasteiger partial charge in [-0.1, -0.05) is 6.58 Å². The predicted molar refractivity (Wildman–Crippen MR) is 50.4 cm³/mol. The smallest absolute Gasteiger partial charge is 0.330 e. The predicted octanol–water partition coefficient (Wildman–Crippen LogP) is 1.91. The van der Waals surface area contributed by atoms with E-state index in [1.165, 1.54) is 0 Å². The van der Waals surface area contributed by atoms with Crippen molar-refractivity contribution in [3.05, 3.63) is 36.7 Å². The van der Waals surface area contributed by atoms with Crippen LogP contribution in [-0.4, -0.2) is 15.6 Å². The standard InChI is InChI=1S/C10H13NO2/c1-9(10(12)13)5-4-8-11-6-2-3-7-11/h2-3,6-7H,1,4-5,8H2,(H,12,13). The molecule has 1 rings (SSSR count). The van der Waals surface area contributed by atoms with E-state index in [-0.39, 0.29) is 5.57 Å². The van der Waals surface area contributed by atoms with Crippen LogP contribution in [0.4, 0.5) is 0 Å². The van der Waals surface area contributed by atoms with Crippen LogP contribution in [0.3, 0.4) is 0 Å². The highest BCUT2D eigenvalue weighted by Gasteiger charge is 2.02. The van der Waals surface area contributed by atoms with Crippen LogP contribution in [0.15, 0.2) is 36.7 Å². The highest BCUT2D eigenvalue weighted by Crippen LogP contribution is 2.04. The molecule has 0 fully saturated rings. The fourth-order valence-corrected chi connectivity index (χ4v) is 1.10. The van der Waals surface area contributed by atoms with Crippen molar-refractivity contribution in [1.29, 1.82) is 0 Å². The zero-order chi connectivity index (χ0) is 9.68. The number of aromatic nitrogens is 1.